The van der Waals surface area contributed by atoms with Gasteiger partial charge in [-0.1, -0.05) is 6.92 Å². The van der Waals surface area contributed by atoms with Crippen LogP contribution in [0, 0.1) is 5.92 Å². The molecule has 0 bridgehead atoms. The van der Waals surface area contributed by atoms with Crippen LogP contribution in [0.25, 0.3) is 10.4 Å². The Hall–Kier alpha value is -2.08. The van der Waals surface area contributed by atoms with Crippen molar-refractivity contribution in [2.75, 3.05) is 26.2 Å². The van der Waals surface area contributed by atoms with Crippen LogP contribution in [-0.4, -0.2) is 47.1 Å². The zero-order valence-electron chi connectivity index (χ0n) is 14.5. The number of amides is 2. The van der Waals surface area contributed by atoms with Crippen LogP contribution in [0.2, 0.25) is 0 Å². The van der Waals surface area contributed by atoms with Gasteiger partial charge in [-0.15, -0.1) is 11.3 Å². The number of piperidine rings is 1. The number of hydrogen-bond acceptors (Lipinski definition) is 4. The number of rotatable bonds is 1. The molecule has 0 radical (unpaired) electrons. The van der Waals surface area contributed by atoms with Crippen LogP contribution in [0.3, 0.4) is 0 Å². The summed E-state index contributed by atoms with van der Waals surface area (Å²) in [6.07, 6.45) is 4.08. The first-order valence-corrected chi connectivity index (χ1v) is 9.77. The van der Waals surface area contributed by atoms with Crippen molar-refractivity contribution < 1.29 is 9.53 Å². The Morgan fingerprint density at radius 1 is 1.24 bits per heavy atom. The molecule has 3 heterocycles. The average Bonchev–Trinajstić information content (AvgIpc) is 3.08. The van der Waals surface area contributed by atoms with E-state index in [1.807, 2.05) is 27.6 Å². The van der Waals surface area contributed by atoms with E-state index in [0.29, 0.717) is 19.7 Å². The molecular weight excluding hydrogens is 334 g/mol. The summed E-state index contributed by atoms with van der Waals surface area (Å²) in [6, 6.07) is 6.36. The third-order valence-corrected chi connectivity index (χ3v) is 5.90. The molecule has 0 spiro atoms. The van der Waals surface area contributed by atoms with Crippen LogP contribution in [0.15, 0.2) is 29.9 Å². The number of likely N-dealkylation sites (tertiary alicyclic amines) is 1. The van der Waals surface area contributed by atoms with Gasteiger partial charge in [-0.3, -0.25) is 4.98 Å². The number of benzene rings is 1. The molecule has 1 aromatic heterocycles. The number of ether oxygens (including phenoxy) is 1. The van der Waals surface area contributed by atoms with E-state index >= 15 is 0 Å². The summed E-state index contributed by atoms with van der Waals surface area (Å²) in [5.41, 5.74) is 4.04. The highest BCUT2D eigenvalue weighted by molar-refractivity contribution is 7.13. The molecule has 0 N–H and O–H groups in total. The van der Waals surface area contributed by atoms with E-state index in [9.17, 15) is 4.79 Å². The zero-order chi connectivity index (χ0) is 17.2. The van der Waals surface area contributed by atoms with E-state index in [0.717, 1.165) is 53.6 Å². The van der Waals surface area contributed by atoms with E-state index in [2.05, 4.69) is 24.0 Å². The molecule has 1 aromatic carbocycles. The molecule has 0 unspecified atom stereocenters. The topological polar surface area (TPSA) is 45.7 Å². The Morgan fingerprint density at radius 3 is 2.84 bits per heavy atom. The largest absolute Gasteiger partial charge is 0.491 e. The lowest BCUT2D eigenvalue weighted by Gasteiger charge is -2.34. The SMILES string of the molecule is CC1CCN(C(=O)N2CCOc3ccc(-c4cncs4)cc3C2)CC1. The van der Waals surface area contributed by atoms with Gasteiger partial charge in [0.2, 0.25) is 0 Å². The summed E-state index contributed by atoms with van der Waals surface area (Å²) >= 11 is 1.62. The van der Waals surface area contributed by atoms with Crippen LogP contribution < -0.4 is 4.74 Å². The smallest absolute Gasteiger partial charge is 0.320 e. The molecule has 132 valence electrons. The molecule has 2 aliphatic rings. The highest BCUT2D eigenvalue weighted by Gasteiger charge is 2.27. The molecular formula is C19H23N3O2S. The predicted molar refractivity (Wildman–Crippen MR) is 98.8 cm³/mol. The molecule has 6 heteroatoms. The van der Waals surface area contributed by atoms with Gasteiger partial charge in [0.05, 0.1) is 23.5 Å². The van der Waals surface area contributed by atoms with E-state index in [1.54, 1.807) is 11.3 Å². The number of urea groups is 1. The van der Waals surface area contributed by atoms with E-state index in [1.165, 1.54) is 0 Å². The van der Waals surface area contributed by atoms with Crippen LogP contribution in [0.5, 0.6) is 5.75 Å². The zero-order valence-corrected chi connectivity index (χ0v) is 15.3. The standard InChI is InChI=1S/C19H23N3O2S/c1-14-4-6-21(7-5-14)19(23)22-8-9-24-17-3-2-15(10-16(17)12-22)18-11-20-13-25-18/h2-3,10-11,13-14H,4-9,12H2,1H3. The van der Waals surface area contributed by atoms with Crippen molar-refractivity contribution in [2.45, 2.75) is 26.3 Å². The lowest BCUT2D eigenvalue weighted by atomic mass is 9.99. The number of carbonyl (C=O) groups excluding carboxylic acids is 1. The lowest BCUT2D eigenvalue weighted by Crippen LogP contribution is -2.46. The van der Waals surface area contributed by atoms with Crippen molar-refractivity contribution in [3.05, 3.63) is 35.5 Å². The van der Waals surface area contributed by atoms with Crippen molar-refractivity contribution in [2.24, 2.45) is 5.92 Å². The van der Waals surface area contributed by atoms with Crippen LogP contribution in [0.4, 0.5) is 4.79 Å². The summed E-state index contributed by atoms with van der Waals surface area (Å²) in [7, 11) is 0. The molecule has 4 rings (SSSR count). The molecule has 1 fully saturated rings. The third kappa shape index (κ3) is 3.49. The minimum atomic E-state index is 0.145. The Bertz CT molecular complexity index is 739. The molecule has 2 amide bonds. The van der Waals surface area contributed by atoms with Crippen molar-refractivity contribution in [3.8, 4) is 16.2 Å². The Labute approximate surface area is 152 Å². The van der Waals surface area contributed by atoms with Gasteiger partial charge in [-0.2, -0.15) is 0 Å². The molecule has 25 heavy (non-hydrogen) atoms. The molecule has 0 saturated carbocycles. The number of carbonyl (C=O) groups is 1. The van der Waals surface area contributed by atoms with Gasteiger partial charge in [0, 0.05) is 24.8 Å². The second kappa shape index (κ2) is 7.04. The second-order valence-corrected chi connectivity index (χ2v) is 7.80. The molecule has 2 aromatic rings. The predicted octanol–water partition coefficient (Wildman–Crippen LogP) is 3.86. The molecule has 5 nitrogen and oxygen atoms in total. The summed E-state index contributed by atoms with van der Waals surface area (Å²) in [6.45, 7) is 5.78. The fourth-order valence-electron chi connectivity index (χ4n) is 3.47. The fourth-order valence-corrected chi connectivity index (χ4v) is 4.09. The number of nitrogens with zero attached hydrogens (tertiary/aromatic N) is 3. The van der Waals surface area contributed by atoms with Crippen molar-refractivity contribution in [3.63, 3.8) is 0 Å². The van der Waals surface area contributed by atoms with Gasteiger partial charge in [-0.25, -0.2) is 4.79 Å². The first kappa shape index (κ1) is 16.4. The van der Waals surface area contributed by atoms with Crippen molar-refractivity contribution >= 4 is 17.4 Å². The van der Waals surface area contributed by atoms with Crippen LogP contribution in [0.1, 0.15) is 25.3 Å². The number of fused-ring (bicyclic) bond motifs is 1. The van der Waals surface area contributed by atoms with Crippen LogP contribution >= 0.6 is 11.3 Å². The minimum absolute atomic E-state index is 0.145. The van der Waals surface area contributed by atoms with E-state index in [-0.39, 0.29) is 6.03 Å². The van der Waals surface area contributed by atoms with E-state index in [4.69, 9.17) is 4.74 Å². The molecule has 0 atom stereocenters. The van der Waals surface area contributed by atoms with Gasteiger partial charge < -0.3 is 14.5 Å². The molecule has 0 aliphatic carbocycles. The van der Waals surface area contributed by atoms with Gasteiger partial charge in [0.1, 0.15) is 12.4 Å². The highest BCUT2D eigenvalue weighted by atomic mass is 32.1. The van der Waals surface area contributed by atoms with Gasteiger partial charge in [-0.05, 0) is 42.5 Å². The summed E-state index contributed by atoms with van der Waals surface area (Å²) in [5, 5.41) is 0. The highest BCUT2D eigenvalue weighted by Crippen LogP contribution is 2.31. The number of thiazole rings is 1. The first-order chi connectivity index (χ1) is 12.2. The minimum Gasteiger partial charge on any atom is -0.491 e. The molecule has 1 saturated heterocycles. The Morgan fingerprint density at radius 2 is 2.08 bits per heavy atom. The average molecular weight is 357 g/mol. The summed E-state index contributed by atoms with van der Waals surface area (Å²) < 4.78 is 5.88. The molecule has 2 aliphatic heterocycles. The monoisotopic (exact) mass is 357 g/mol. The number of hydrogen-bond donors (Lipinski definition) is 0. The normalized spacial score (nSPS) is 18.4. The first-order valence-electron chi connectivity index (χ1n) is 8.89. The summed E-state index contributed by atoms with van der Waals surface area (Å²) in [4.78, 5) is 22.1. The quantitative estimate of drug-likeness (QED) is 0.779. The maximum absolute atomic E-state index is 12.9. The number of aromatic nitrogens is 1. The van der Waals surface area contributed by atoms with Gasteiger partial charge >= 0.3 is 6.03 Å². The van der Waals surface area contributed by atoms with Gasteiger partial charge in [0.15, 0.2) is 0 Å². The van der Waals surface area contributed by atoms with Crippen LogP contribution in [-0.2, 0) is 6.54 Å². The maximum Gasteiger partial charge on any atom is 0.320 e. The van der Waals surface area contributed by atoms with E-state index < -0.39 is 0 Å². The van der Waals surface area contributed by atoms with Gasteiger partial charge in [0.25, 0.3) is 0 Å². The lowest BCUT2D eigenvalue weighted by molar-refractivity contribution is 0.129. The van der Waals surface area contributed by atoms with Crippen molar-refractivity contribution in [1.82, 2.24) is 14.8 Å². The van der Waals surface area contributed by atoms with Crippen molar-refractivity contribution in [1.29, 1.82) is 0 Å². The Balaban J connectivity index is 1.53. The third-order valence-electron chi connectivity index (χ3n) is 5.08. The fraction of sp³-hybridized carbons (Fsp3) is 0.474. The second-order valence-electron chi connectivity index (χ2n) is 6.91. The maximum atomic E-state index is 12.9. The Kier molecular flexibility index (Phi) is 4.61. The summed E-state index contributed by atoms with van der Waals surface area (Å²) in [5.74, 6) is 1.61.